The quantitative estimate of drug-likeness (QED) is 0.668. The summed E-state index contributed by atoms with van der Waals surface area (Å²) < 4.78 is 12.6. The lowest BCUT2D eigenvalue weighted by molar-refractivity contribution is 0.265. The third-order valence-corrected chi connectivity index (χ3v) is 3.87. The fraction of sp³-hybridized carbons (Fsp3) is 0.333. The average molecular weight is 326 g/mol. The summed E-state index contributed by atoms with van der Waals surface area (Å²) in [7, 11) is 3.73. The van der Waals surface area contributed by atoms with Gasteiger partial charge in [-0.2, -0.15) is 5.10 Å². The first-order chi connectivity index (χ1) is 11.7. The Balaban J connectivity index is 1.79. The monoisotopic (exact) mass is 326 g/mol. The number of aromatic nitrogens is 3. The van der Waals surface area contributed by atoms with Crippen molar-refractivity contribution in [2.75, 3.05) is 14.2 Å². The zero-order chi connectivity index (χ0) is 16.9. The van der Waals surface area contributed by atoms with E-state index in [2.05, 4.69) is 29.1 Å². The number of nitrogens with zero attached hydrogens (tertiary/aromatic N) is 4. The first kappa shape index (κ1) is 16.3. The van der Waals surface area contributed by atoms with Crippen molar-refractivity contribution in [1.82, 2.24) is 19.8 Å². The summed E-state index contributed by atoms with van der Waals surface area (Å²) in [5.41, 5.74) is 3.16. The summed E-state index contributed by atoms with van der Waals surface area (Å²) in [5, 5.41) is 8.38. The molecule has 24 heavy (non-hydrogen) atoms. The van der Waals surface area contributed by atoms with Crippen LogP contribution in [0, 0.1) is 0 Å². The number of benzene rings is 1. The first-order valence-electron chi connectivity index (χ1n) is 7.99. The van der Waals surface area contributed by atoms with E-state index in [0.29, 0.717) is 6.54 Å². The van der Waals surface area contributed by atoms with Crippen LogP contribution in [0.25, 0.3) is 5.69 Å². The van der Waals surface area contributed by atoms with Crippen LogP contribution >= 0.6 is 0 Å². The first-order valence-corrected chi connectivity index (χ1v) is 7.99. The average Bonchev–Trinajstić information content (AvgIpc) is 3.26. The number of methoxy groups -OCH3 is 1. The van der Waals surface area contributed by atoms with Gasteiger partial charge >= 0.3 is 0 Å². The minimum absolute atomic E-state index is 0.697. The Morgan fingerprint density at radius 3 is 2.79 bits per heavy atom. The van der Waals surface area contributed by atoms with E-state index in [1.165, 1.54) is 0 Å². The van der Waals surface area contributed by atoms with Gasteiger partial charge in [0, 0.05) is 25.0 Å². The number of aryl methyl sites for hydroxylation is 1. The zero-order valence-corrected chi connectivity index (χ0v) is 14.3. The van der Waals surface area contributed by atoms with Crippen molar-refractivity contribution in [3.05, 3.63) is 59.7 Å². The topological polar surface area (TPSA) is 56.3 Å². The zero-order valence-electron chi connectivity index (χ0n) is 14.3. The van der Waals surface area contributed by atoms with E-state index in [1.807, 2.05) is 41.2 Å². The standard InChI is InChI=1S/C18H22N4O2/c1-4-15-11-17(24-20-15)13-21(2)12-14-10-16(23-3)6-7-18(14)22-9-5-8-19-22/h5-11H,4,12-13H2,1-3H3. The maximum absolute atomic E-state index is 5.38. The van der Waals surface area contributed by atoms with Crippen molar-refractivity contribution >= 4 is 0 Å². The third kappa shape index (κ3) is 3.65. The van der Waals surface area contributed by atoms with E-state index >= 15 is 0 Å². The maximum Gasteiger partial charge on any atom is 0.150 e. The molecule has 0 unspecified atom stereocenters. The molecular formula is C18H22N4O2. The van der Waals surface area contributed by atoms with Gasteiger partial charge in [0.2, 0.25) is 0 Å². The molecule has 0 fully saturated rings. The van der Waals surface area contributed by atoms with Gasteiger partial charge in [-0.3, -0.25) is 4.90 Å². The van der Waals surface area contributed by atoms with Gasteiger partial charge in [0.25, 0.3) is 0 Å². The molecular weight excluding hydrogens is 304 g/mol. The summed E-state index contributed by atoms with van der Waals surface area (Å²) in [6.45, 7) is 3.51. The molecule has 0 saturated heterocycles. The van der Waals surface area contributed by atoms with Gasteiger partial charge < -0.3 is 9.26 Å². The molecule has 6 heteroatoms. The highest BCUT2D eigenvalue weighted by atomic mass is 16.5. The van der Waals surface area contributed by atoms with E-state index in [-0.39, 0.29) is 0 Å². The van der Waals surface area contributed by atoms with E-state index < -0.39 is 0 Å². The highest BCUT2D eigenvalue weighted by Crippen LogP contribution is 2.22. The molecule has 3 aromatic rings. The van der Waals surface area contributed by atoms with Gasteiger partial charge in [-0.15, -0.1) is 0 Å². The predicted molar refractivity (Wildman–Crippen MR) is 91.2 cm³/mol. The minimum atomic E-state index is 0.697. The van der Waals surface area contributed by atoms with Crippen molar-refractivity contribution in [3.8, 4) is 11.4 Å². The molecule has 6 nitrogen and oxygen atoms in total. The molecule has 0 aliphatic rings. The summed E-state index contributed by atoms with van der Waals surface area (Å²) in [6.07, 6.45) is 4.60. The Labute approximate surface area is 141 Å². The third-order valence-electron chi connectivity index (χ3n) is 3.87. The second-order valence-corrected chi connectivity index (χ2v) is 5.76. The molecule has 0 amide bonds. The summed E-state index contributed by atoms with van der Waals surface area (Å²) in [6, 6.07) is 9.95. The van der Waals surface area contributed by atoms with Crippen LogP contribution in [0.3, 0.4) is 0 Å². The van der Waals surface area contributed by atoms with Crippen LogP contribution in [-0.4, -0.2) is 34.0 Å². The van der Waals surface area contributed by atoms with Gasteiger partial charge in [0.05, 0.1) is 25.0 Å². The van der Waals surface area contributed by atoms with Crippen LogP contribution in [0.5, 0.6) is 5.75 Å². The molecule has 2 aromatic heterocycles. The summed E-state index contributed by atoms with van der Waals surface area (Å²) >= 11 is 0. The second-order valence-electron chi connectivity index (χ2n) is 5.76. The maximum atomic E-state index is 5.38. The van der Waals surface area contributed by atoms with Crippen LogP contribution in [-0.2, 0) is 19.5 Å². The van der Waals surface area contributed by atoms with Gasteiger partial charge in [-0.1, -0.05) is 12.1 Å². The lowest BCUT2D eigenvalue weighted by Crippen LogP contribution is -2.18. The van der Waals surface area contributed by atoms with Gasteiger partial charge in [-0.05, 0) is 43.3 Å². The molecule has 126 valence electrons. The van der Waals surface area contributed by atoms with Gasteiger partial charge in [0.15, 0.2) is 5.76 Å². The Hall–Kier alpha value is -2.60. The molecule has 0 atom stereocenters. The van der Waals surface area contributed by atoms with E-state index in [1.54, 1.807) is 13.3 Å². The lowest BCUT2D eigenvalue weighted by Gasteiger charge is -2.18. The van der Waals surface area contributed by atoms with Gasteiger partial charge in [-0.25, -0.2) is 4.68 Å². The molecule has 0 spiro atoms. The van der Waals surface area contributed by atoms with E-state index in [0.717, 1.165) is 41.4 Å². The van der Waals surface area contributed by atoms with E-state index in [9.17, 15) is 0 Å². The Morgan fingerprint density at radius 1 is 1.25 bits per heavy atom. The number of ether oxygens (including phenoxy) is 1. The van der Waals surface area contributed by atoms with Crippen molar-refractivity contribution in [2.24, 2.45) is 0 Å². The predicted octanol–water partition coefficient (Wildman–Crippen LogP) is 3.06. The molecule has 2 heterocycles. The molecule has 0 radical (unpaired) electrons. The van der Waals surface area contributed by atoms with Crippen LogP contribution in [0.2, 0.25) is 0 Å². The smallest absolute Gasteiger partial charge is 0.150 e. The fourth-order valence-electron chi connectivity index (χ4n) is 2.66. The summed E-state index contributed by atoms with van der Waals surface area (Å²) in [4.78, 5) is 2.18. The largest absolute Gasteiger partial charge is 0.497 e. The normalized spacial score (nSPS) is 11.2. The molecule has 1 aromatic carbocycles. The fourth-order valence-corrected chi connectivity index (χ4v) is 2.66. The molecule has 0 saturated carbocycles. The second kappa shape index (κ2) is 7.31. The molecule has 0 aliphatic heterocycles. The Morgan fingerprint density at radius 2 is 2.12 bits per heavy atom. The highest BCUT2D eigenvalue weighted by Gasteiger charge is 2.12. The van der Waals surface area contributed by atoms with Crippen molar-refractivity contribution < 1.29 is 9.26 Å². The number of hydrogen-bond acceptors (Lipinski definition) is 5. The van der Waals surface area contributed by atoms with Crippen molar-refractivity contribution in [1.29, 1.82) is 0 Å². The molecule has 0 aliphatic carbocycles. The van der Waals surface area contributed by atoms with Crippen LogP contribution in [0.1, 0.15) is 23.9 Å². The highest BCUT2D eigenvalue weighted by molar-refractivity contribution is 5.45. The number of rotatable bonds is 7. The van der Waals surface area contributed by atoms with Crippen LogP contribution in [0.15, 0.2) is 47.2 Å². The van der Waals surface area contributed by atoms with Crippen LogP contribution in [0.4, 0.5) is 0 Å². The summed E-state index contributed by atoms with van der Waals surface area (Å²) in [5.74, 6) is 1.71. The van der Waals surface area contributed by atoms with E-state index in [4.69, 9.17) is 9.26 Å². The SMILES string of the molecule is CCc1cc(CN(C)Cc2cc(OC)ccc2-n2cccn2)on1. The Bertz CT molecular complexity index is 780. The molecule has 0 N–H and O–H groups in total. The van der Waals surface area contributed by atoms with Crippen molar-refractivity contribution in [3.63, 3.8) is 0 Å². The van der Waals surface area contributed by atoms with Crippen LogP contribution < -0.4 is 4.74 Å². The van der Waals surface area contributed by atoms with Crippen molar-refractivity contribution in [2.45, 2.75) is 26.4 Å². The van der Waals surface area contributed by atoms with Gasteiger partial charge in [0.1, 0.15) is 5.75 Å². The Kier molecular flexibility index (Phi) is 4.96. The minimum Gasteiger partial charge on any atom is -0.497 e. The molecule has 3 rings (SSSR count). The number of hydrogen-bond donors (Lipinski definition) is 0. The molecule has 0 bridgehead atoms. The lowest BCUT2D eigenvalue weighted by atomic mass is 10.1.